The van der Waals surface area contributed by atoms with E-state index in [1.807, 2.05) is 42.5 Å². The van der Waals surface area contributed by atoms with Gasteiger partial charge in [-0.25, -0.2) is 4.99 Å². The Morgan fingerprint density at radius 1 is 1.06 bits per heavy atom. The molecule has 7 heteroatoms. The number of carbonyl (C=O) groups is 1. The molecule has 0 amide bonds. The molecule has 0 radical (unpaired) electrons. The third kappa shape index (κ3) is 4.13. The first-order chi connectivity index (χ1) is 16.0. The number of carboxylic acid groups (broad SMARTS) is 1. The Bertz CT molecular complexity index is 1510. The van der Waals surface area contributed by atoms with Crippen LogP contribution in [0.3, 0.4) is 0 Å². The van der Waals surface area contributed by atoms with Gasteiger partial charge in [-0.05, 0) is 47.6 Å². The molecular weight excluding hydrogens is 452 g/mol. The Kier molecular flexibility index (Phi) is 5.66. The lowest BCUT2D eigenvalue weighted by molar-refractivity contribution is -0.137. The van der Waals surface area contributed by atoms with E-state index in [9.17, 15) is 9.90 Å². The van der Waals surface area contributed by atoms with Gasteiger partial charge in [-0.1, -0.05) is 54.6 Å². The van der Waals surface area contributed by atoms with E-state index < -0.39 is 5.97 Å². The van der Waals surface area contributed by atoms with Crippen LogP contribution in [0.15, 0.2) is 71.7 Å². The zero-order valence-electron chi connectivity index (χ0n) is 17.6. The highest BCUT2D eigenvalue weighted by atomic mass is 32.1. The van der Waals surface area contributed by atoms with Gasteiger partial charge in [0, 0.05) is 29.7 Å². The number of allylic oxidation sites excluding steroid dienone is 1. The fraction of sp³-hybridized carbons (Fsp3) is 0.115. The van der Waals surface area contributed by atoms with E-state index in [0.717, 1.165) is 38.9 Å². The second-order valence-electron chi connectivity index (χ2n) is 7.80. The van der Waals surface area contributed by atoms with Crippen molar-refractivity contribution in [3.63, 3.8) is 0 Å². The molecule has 1 aliphatic rings. The van der Waals surface area contributed by atoms with Crippen molar-refractivity contribution in [2.45, 2.75) is 19.4 Å². The van der Waals surface area contributed by atoms with E-state index in [-0.39, 0.29) is 12.3 Å². The molecule has 5 rings (SSSR count). The number of fused-ring (bicyclic) bond motifs is 2. The Labute approximate surface area is 199 Å². The van der Waals surface area contributed by atoms with Crippen LogP contribution in [0.25, 0.3) is 22.4 Å². The Morgan fingerprint density at radius 2 is 1.82 bits per heavy atom. The fourth-order valence-corrected chi connectivity index (χ4v) is 5.34. The molecule has 0 spiro atoms. The van der Waals surface area contributed by atoms with Crippen LogP contribution in [0, 0.1) is 3.95 Å². The van der Waals surface area contributed by atoms with Crippen LogP contribution in [-0.4, -0.2) is 26.5 Å². The van der Waals surface area contributed by atoms with Crippen LogP contribution in [-0.2, 0) is 11.3 Å². The van der Waals surface area contributed by atoms with E-state index in [1.54, 1.807) is 4.57 Å². The van der Waals surface area contributed by atoms with Crippen molar-refractivity contribution in [3.05, 3.63) is 86.7 Å². The van der Waals surface area contributed by atoms with Gasteiger partial charge in [-0.2, -0.15) is 0 Å². The second-order valence-corrected chi connectivity index (χ2v) is 9.48. The summed E-state index contributed by atoms with van der Waals surface area (Å²) in [6.07, 6.45) is 2.36. The zero-order valence-corrected chi connectivity index (χ0v) is 19.2. The van der Waals surface area contributed by atoms with Gasteiger partial charge < -0.3 is 10.2 Å². The van der Waals surface area contributed by atoms with Gasteiger partial charge in [0.1, 0.15) is 0 Å². The number of hydrogen-bond donors (Lipinski definition) is 2. The van der Waals surface area contributed by atoms with E-state index in [4.69, 9.17) is 22.3 Å². The first-order valence-corrected chi connectivity index (χ1v) is 11.8. The molecule has 1 aliphatic heterocycles. The normalized spacial score (nSPS) is 13.9. The van der Waals surface area contributed by atoms with Crippen molar-refractivity contribution in [1.82, 2.24) is 4.57 Å². The first-order valence-electron chi connectivity index (χ1n) is 10.5. The number of aromatic nitrogens is 1. The van der Waals surface area contributed by atoms with Crippen LogP contribution >= 0.6 is 23.6 Å². The van der Waals surface area contributed by atoms with Gasteiger partial charge in [0.2, 0.25) is 5.88 Å². The molecule has 0 bridgehead atoms. The maximum Gasteiger partial charge on any atom is 0.303 e. The highest BCUT2D eigenvalue weighted by Gasteiger charge is 2.23. The van der Waals surface area contributed by atoms with Crippen molar-refractivity contribution in [2.75, 3.05) is 0 Å². The van der Waals surface area contributed by atoms with Gasteiger partial charge in [-0.15, -0.1) is 11.3 Å². The molecule has 0 unspecified atom stereocenters. The van der Waals surface area contributed by atoms with Crippen molar-refractivity contribution in [3.8, 4) is 5.88 Å². The van der Waals surface area contributed by atoms with Crippen molar-refractivity contribution in [1.29, 1.82) is 0 Å². The largest absolute Gasteiger partial charge is 0.493 e. The minimum absolute atomic E-state index is 0.0274. The summed E-state index contributed by atoms with van der Waals surface area (Å²) < 4.78 is 2.11. The van der Waals surface area contributed by atoms with Crippen LogP contribution in [0.5, 0.6) is 5.88 Å². The molecule has 4 aromatic rings. The molecular formula is C26H20N2O3S2. The van der Waals surface area contributed by atoms with Gasteiger partial charge >= 0.3 is 5.97 Å². The summed E-state index contributed by atoms with van der Waals surface area (Å²) in [5, 5.41) is 22.1. The number of hydrogen-bond acceptors (Lipinski definition) is 5. The molecule has 0 saturated heterocycles. The minimum Gasteiger partial charge on any atom is -0.493 e. The summed E-state index contributed by atoms with van der Waals surface area (Å²) >= 11 is 6.76. The summed E-state index contributed by atoms with van der Waals surface area (Å²) in [6, 6.07) is 22.4. The molecule has 33 heavy (non-hydrogen) atoms. The van der Waals surface area contributed by atoms with E-state index in [0.29, 0.717) is 21.8 Å². The number of carboxylic acids is 1. The van der Waals surface area contributed by atoms with Crippen molar-refractivity contribution >= 4 is 63.3 Å². The summed E-state index contributed by atoms with van der Waals surface area (Å²) in [4.78, 5) is 16.4. The number of benzene rings is 3. The minimum atomic E-state index is -0.864. The molecule has 1 aromatic heterocycles. The van der Waals surface area contributed by atoms with Crippen LogP contribution in [0.2, 0.25) is 0 Å². The van der Waals surface area contributed by atoms with Crippen molar-refractivity contribution in [2.24, 2.45) is 4.99 Å². The second kappa shape index (κ2) is 8.77. The lowest BCUT2D eigenvalue weighted by Gasteiger charge is -2.08. The Balaban J connectivity index is 1.58. The van der Waals surface area contributed by atoms with E-state index in [2.05, 4.69) is 30.3 Å². The summed E-state index contributed by atoms with van der Waals surface area (Å²) in [5.74, 6) is -0.803. The molecule has 5 nitrogen and oxygen atoms in total. The third-order valence-corrected chi connectivity index (χ3v) is 7.03. The topological polar surface area (TPSA) is 74.8 Å². The number of rotatable bonds is 6. The highest BCUT2D eigenvalue weighted by Crippen LogP contribution is 2.40. The molecule has 2 heterocycles. The summed E-state index contributed by atoms with van der Waals surface area (Å²) in [7, 11) is 0. The SMILES string of the molecule is O=C(O)CCCn1c(O)c(C=C2C(c3ccc4ccccc4c3)=Nc3ccccc32)sc1=S. The van der Waals surface area contributed by atoms with Crippen LogP contribution in [0.4, 0.5) is 5.69 Å². The molecule has 0 atom stereocenters. The number of aliphatic imine (C=N–C) groups is 1. The predicted octanol–water partition coefficient (Wildman–Crippen LogP) is 6.68. The summed E-state index contributed by atoms with van der Waals surface area (Å²) in [6.45, 7) is 0.360. The highest BCUT2D eigenvalue weighted by molar-refractivity contribution is 7.73. The quantitative estimate of drug-likeness (QED) is 0.307. The van der Waals surface area contributed by atoms with Gasteiger partial charge in [0.05, 0.1) is 16.3 Å². The zero-order chi connectivity index (χ0) is 22.9. The van der Waals surface area contributed by atoms with Crippen molar-refractivity contribution < 1.29 is 15.0 Å². The Morgan fingerprint density at radius 3 is 2.64 bits per heavy atom. The van der Waals surface area contributed by atoms with E-state index in [1.165, 1.54) is 11.3 Å². The van der Waals surface area contributed by atoms with E-state index >= 15 is 0 Å². The molecule has 3 aromatic carbocycles. The molecule has 0 aliphatic carbocycles. The number of para-hydroxylation sites is 1. The third-order valence-electron chi connectivity index (χ3n) is 5.65. The lowest BCUT2D eigenvalue weighted by atomic mass is 9.95. The Hall–Kier alpha value is -3.55. The average Bonchev–Trinajstić information content (AvgIpc) is 3.31. The van der Waals surface area contributed by atoms with Gasteiger partial charge in [0.25, 0.3) is 0 Å². The number of thiazole rings is 1. The smallest absolute Gasteiger partial charge is 0.303 e. The first kappa shape index (κ1) is 21.3. The van der Waals surface area contributed by atoms with Gasteiger partial charge in [0.15, 0.2) is 3.95 Å². The maximum atomic E-state index is 10.9. The van der Waals surface area contributed by atoms with Crippen LogP contribution < -0.4 is 0 Å². The van der Waals surface area contributed by atoms with Crippen LogP contribution in [0.1, 0.15) is 28.8 Å². The number of aliphatic carboxylic acids is 1. The maximum absolute atomic E-state index is 10.9. The lowest BCUT2D eigenvalue weighted by Crippen LogP contribution is -2.02. The number of aromatic hydroxyl groups is 1. The number of nitrogens with zero attached hydrogens (tertiary/aromatic N) is 2. The summed E-state index contributed by atoms with van der Waals surface area (Å²) in [5.41, 5.74) is 4.65. The monoisotopic (exact) mass is 472 g/mol. The average molecular weight is 473 g/mol. The standard InChI is InChI=1S/C26H20N2O3S2/c29-23(30)10-5-13-28-25(31)22(33-26(28)32)15-20-19-8-3-4-9-21(19)27-24(20)18-12-11-16-6-1-2-7-17(16)14-18/h1-4,6-9,11-12,14-15,31H,5,10,13H2,(H,29,30). The molecule has 2 N–H and O–H groups in total. The molecule has 0 fully saturated rings. The predicted molar refractivity (Wildman–Crippen MR) is 136 cm³/mol. The van der Waals surface area contributed by atoms with Gasteiger partial charge in [-0.3, -0.25) is 9.36 Å². The fourth-order valence-electron chi connectivity index (χ4n) is 4.03. The molecule has 164 valence electrons. The molecule has 0 saturated carbocycles.